The fraction of sp³-hybridized carbons (Fsp3) is 0.571. The van der Waals surface area contributed by atoms with E-state index in [1.165, 1.54) is 4.31 Å². The quantitative estimate of drug-likeness (QED) is 0.863. The molecule has 21 heavy (non-hydrogen) atoms. The summed E-state index contributed by atoms with van der Waals surface area (Å²) in [5.74, 6) is -0.428. The van der Waals surface area contributed by atoms with Gasteiger partial charge < -0.3 is 5.73 Å². The fourth-order valence-electron chi connectivity index (χ4n) is 2.91. The van der Waals surface area contributed by atoms with Crippen molar-refractivity contribution in [3.8, 4) is 0 Å². The normalized spacial score (nSPS) is 23.5. The SMILES string of the molecule is CC1CCCCC1N(C)S(=O)(=O)c1cc(N)c(F)cc1Cl. The second kappa shape index (κ2) is 6.10. The molecule has 1 aromatic rings. The van der Waals surface area contributed by atoms with Gasteiger partial charge in [0.25, 0.3) is 0 Å². The number of anilines is 1. The maximum Gasteiger partial charge on any atom is 0.244 e. The first kappa shape index (κ1) is 16.5. The van der Waals surface area contributed by atoms with E-state index in [4.69, 9.17) is 17.3 Å². The summed E-state index contributed by atoms with van der Waals surface area (Å²) >= 11 is 5.90. The van der Waals surface area contributed by atoms with Crippen molar-refractivity contribution in [2.75, 3.05) is 12.8 Å². The molecule has 0 bridgehead atoms. The molecule has 2 rings (SSSR count). The van der Waals surface area contributed by atoms with Crippen LogP contribution in [-0.2, 0) is 10.0 Å². The van der Waals surface area contributed by atoms with Gasteiger partial charge in [0.1, 0.15) is 10.7 Å². The lowest BCUT2D eigenvalue weighted by molar-refractivity contribution is 0.213. The number of nitrogen functional groups attached to an aromatic ring is 1. The van der Waals surface area contributed by atoms with Gasteiger partial charge >= 0.3 is 0 Å². The smallest absolute Gasteiger partial charge is 0.244 e. The largest absolute Gasteiger partial charge is 0.396 e. The topological polar surface area (TPSA) is 63.4 Å². The summed E-state index contributed by atoms with van der Waals surface area (Å²) in [4.78, 5) is -0.136. The van der Waals surface area contributed by atoms with E-state index in [2.05, 4.69) is 6.92 Å². The van der Waals surface area contributed by atoms with Crippen LogP contribution in [0, 0.1) is 11.7 Å². The van der Waals surface area contributed by atoms with Gasteiger partial charge in [-0.05, 0) is 30.9 Å². The molecule has 1 aliphatic carbocycles. The molecule has 2 unspecified atom stereocenters. The van der Waals surface area contributed by atoms with Crippen LogP contribution in [0.5, 0.6) is 0 Å². The molecular weight excluding hydrogens is 315 g/mol. The zero-order valence-corrected chi connectivity index (χ0v) is 13.7. The minimum atomic E-state index is -3.79. The van der Waals surface area contributed by atoms with Crippen LogP contribution in [0.4, 0.5) is 10.1 Å². The van der Waals surface area contributed by atoms with Crippen molar-refractivity contribution in [2.45, 2.75) is 43.5 Å². The molecule has 0 radical (unpaired) electrons. The maximum absolute atomic E-state index is 13.3. The molecule has 2 atom stereocenters. The number of halogens is 2. The molecule has 0 saturated heterocycles. The molecule has 0 spiro atoms. The second-order valence-corrected chi connectivity index (χ2v) is 8.03. The summed E-state index contributed by atoms with van der Waals surface area (Å²) in [5.41, 5.74) is 5.26. The monoisotopic (exact) mass is 334 g/mol. The third-order valence-corrected chi connectivity index (χ3v) is 6.59. The van der Waals surface area contributed by atoms with Gasteiger partial charge in [-0.25, -0.2) is 12.8 Å². The van der Waals surface area contributed by atoms with Crippen LogP contribution in [0.1, 0.15) is 32.6 Å². The first-order chi connectivity index (χ1) is 9.75. The van der Waals surface area contributed by atoms with E-state index in [0.29, 0.717) is 0 Å². The molecule has 1 aliphatic rings. The van der Waals surface area contributed by atoms with Crippen molar-refractivity contribution in [2.24, 2.45) is 5.92 Å². The number of nitrogens with zero attached hydrogens (tertiary/aromatic N) is 1. The average molecular weight is 335 g/mol. The van der Waals surface area contributed by atoms with E-state index >= 15 is 0 Å². The Balaban J connectivity index is 2.39. The first-order valence-electron chi connectivity index (χ1n) is 6.97. The minimum absolute atomic E-state index is 0.0638. The number of hydrogen-bond acceptors (Lipinski definition) is 3. The first-order valence-corrected chi connectivity index (χ1v) is 8.79. The Hall–Kier alpha value is -0.850. The zero-order chi connectivity index (χ0) is 15.8. The van der Waals surface area contributed by atoms with Gasteiger partial charge in [-0.15, -0.1) is 0 Å². The highest BCUT2D eigenvalue weighted by molar-refractivity contribution is 7.89. The number of benzene rings is 1. The van der Waals surface area contributed by atoms with Crippen LogP contribution in [0.3, 0.4) is 0 Å². The highest BCUT2D eigenvalue weighted by Gasteiger charge is 2.34. The third kappa shape index (κ3) is 3.17. The second-order valence-electron chi connectivity index (χ2n) is 5.65. The average Bonchev–Trinajstić information content (AvgIpc) is 2.42. The number of sulfonamides is 1. The van der Waals surface area contributed by atoms with Crippen LogP contribution >= 0.6 is 11.6 Å². The lowest BCUT2D eigenvalue weighted by Gasteiger charge is -2.35. The summed E-state index contributed by atoms with van der Waals surface area (Å²) in [6.45, 7) is 2.05. The van der Waals surface area contributed by atoms with Gasteiger partial charge in [0.15, 0.2) is 0 Å². The molecule has 1 fully saturated rings. The Morgan fingerprint density at radius 3 is 2.57 bits per heavy atom. The van der Waals surface area contributed by atoms with Gasteiger partial charge in [-0.3, -0.25) is 0 Å². The lowest BCUT2D eigenvalue weighted by atomic mass is 9.86. The summed E-state index contributed by atoms with van der Waals surface area (Å²) in [5, 5.41) is -0.142. The zero-order valence-electron chi connectivity index (χ0n) is 12.1. The molecule has 1 aromatic carbocycles. The molecular formula is C14H20ClFN2O2S. The van der Waals surface area contributed by atoms with Crippen molar-refractivity contribution in [1.82, 2.24) is 4.31 Å². The van der Waals surface area contributed by atoms with Gasteiger partial charge in [-0.2, -0.15) is 4.31 Å². The van der Waals surface area contributed by atoms with Crippen molar-refractivity contribution in [1.29, 1.82) is 0 Å². The van der Waals surface area contributed by atoms with Crippen molar-refractivity contribution in [3.05, 3.63) is 23.0 Å². The Kier molecular flexibility index (Phi) is 4.80. The minimum Gasteiger partial charge on any atom is -0.396 e. The Morgan fingerprint density at radius 1 is 1.33 bits per heavy atom. The molecule has 2 N–H and O–H groups in total. The van der Waals surface area contributed by atoms with E-state index in [1.54, 1.807) is 7.05 Å². The molecule has 7 heteroatoms. The van der Waals surface area contributed by atoms with E-state index in [1.807, 2.05) is 0 Å². The van der Waals surface area contributed by atoms with Crippen molar-refractivity contribution in [3.63, 3.8) is 0 Å². The van der Waals surface area contributed by atoms with Crippen molar-refractivity contribution >= 4 is 27.3 Å². The Bertz CT molecular complexity index is 636. The highest BCUT2D eigenvalue weighted by Crippen LogP contribution is 2.34. The Morgan fingerprint density at radius 2 is 1.95 bits per heavy atom. The van der Waals surface area contributed by atoms with Crippen LogP contribution in [0.15, 0.2) is 17.0 Å². The van der Waals surface area contributed by atoms with Crippen molar-refractivity contribution < 1.29 is 12.8 Å². The van der Waals surface area contributed by atoms with E-state index < -0.39 is 15.8 Å². The molecule has 1 saturated carbocycles. The van der Waals surface area contributed by atoms with Gasteiger partial charge in [0, 0.05) is 13.1 Å². The highest BCUT2D eigenvalue weighted by atomic mass is 35.5. The summed E-state index contributed by atoms with van der Waals surface area (Å²) in [6.07, 6.45) is 3.96. The van der Waals surface area contributed by atoms with Crippen LogP contribution < -0.4 is 5.73 Å². The fourth-order valence-corrected chi connectivity index (χ4v) is 4.92. The van der Waals surface area contributed by atoms with E-state index in [-0.39, 0.29) is 27.6 Å². The maximum atomic E-state index is 13.3. The third-order valence-electron chi connectivity index (χ3n) is 4.24. The summed E-state index contributed by atoms with van der Waals surface area (Å²) in [7, 11) is -2.23. The van der Waals surface area contributed by atoms with Crippen LogP contribution in [0.25, 0.3) is 0 Å². The molecule has 118 valence electrons. The molecule has 0 aliphatic heterocycles. The molecule has 0 amide bonds. The predicted molar refractivity (Wildman–Crippen MR) is 82.2 cm³/mol. The standard InChI is InChI=1S/C14H20ClFN2O2S/c1-9-5-3-4-6-13(9)18(2)21(19,20)14-8-12(17)11(16)7-10(14)15/h7-9,13H,3-6,17H2,1-2H3. The molecule has 0 aromatic heterocycles. The van der Waals surface area contributed by atoms with Crippen LogP contribution in [0.2, 0.25) is 5.02 Å². The molecule has 4 nitrogen and oxygen atoms in total. The summed E-state index contributed by atoms with van der Waals surface area (Å²) in [6, 6.07) is 1.98. The van der Waals surface area contributed by atoms with E-state index in [0.717, 1.165) is 37.8 Å². The number of nitrogens with two attached hydrogens (primary N) is 1. The summed E-state index contributed by atoms with van der Waals surface area (Å²) < 4.78 is 40.2. The van der Waals surface area contributed by atoms with E-state index in [9.17, 15) is 12.8 Å². The lowest BCUT2D eigenvalue weighted by Crippen LogP contribution is -2.42. The van der Waals surface area contributed by atoms with Gasteiger partial charge in [0.05, 0.1) is 10.7 Å². The number of rotatable bonds is 3. The Labute approximate surface area is 130 Å². The van der Waals surface area contributed by atoms with Gasteiger partial charge in [-0.1, -0.05) is 31.4 Å². The van der Waals surface area contributed by atoms with Gasteiger partial charge in [0.2, 0.25) is 10.0 Å². The predicted octanol–water partition coefficient (Wildman–Crippen LogP) is 3.26. The van der Waals surface area contributed by atoms with Crippen LogP contribution in [-0.4, -0.2) is 25.8 Å². The molecule has 0 heterocycles. The number of hydrogen-bond donors (Lipinski definition) is 1.